The fourth-order valence-corrected chi connectivity index (χ4v) is 4.22. The van der Waals surface area contributed by atoms with Crippen molar-refractivity contribution in [1.82, 2.24) is 5.32 Å². The van der Waals surface area contributed by atoms with E-state index in [1.807, 2.05) is 54.6 Å². The van der Waals surface area contributed by atoms with Gasteiger partial charge in [0.15, 0.2) is 5.17 Å². The maximum atomic E-state index is 12.5. The average molecular weight is 485 g/mol. The van der Waals surface area contributed by atoms with Gasteiger partial charge in [-0.2, -0.15) is 0 Å². The van der Waals surface area contributed by atoms with E-state index in [9.17, 15) is 4.79 Å². The number of carbonyl (C=O) groups excluding carboxylic acids is 1. The molecule has 1 amide bonds. The number of para-hydroxylation sites is 1. The summed E-state index contributed by atoms with van der Waals surface area (Å²) in [5.74, 6) is 1.17. The third-order valence-corrected chi connectivity index (χ3v) is 6.05. The van der Waals surface area contributed by atoms with Crippen molar-refractivity contribution in [2.75, 3.05) is 7.11 Å². The lowest BCUT2D eigenvalue weighted by Gasteiger charge is -2.11. The van der Waals surface area contributed by atoms with Crippen molar-refractivity contribution in [3.05, 3.63) is 92.8 Å². The van der Waals surface area contributed by atoms with Crippen molar-refractivity contribution in [3.8, 4) is 11.5 Å². The monoisotopic (exact) mass is 484 g/mol. The number of amidine groups is 1. The first-order valence-corrected chi connectivity index (χ1v) is 11.2. The summed E-state index contributed by atoms with van der Waals surface area (Å²) in [6.07, 6.45) is 1.79. The molecule has 0 bridgehead atoms. The molecule has 4 rings (SSSR count). The minimum atomic E-state index is -0.210. The highest BCUT2D eigenvalue weighted by Crippen LogP contribution is 2.31. The summed E-state index contributed by atoms with van der Waals surface area (Å²) in [7, 11) is 1.61. The van der Waals surface area contributed by atoms with Crippen molar-refractivity contribution in [2.24, 2.45) is 4.99 Å². The second-order valence-corrected chi connectivity index (χ2v) is 8.62. The van der Waals surface area contributed by atoms with Crippen LogP contribution in [0, 0.1) is 0 Å². The number of nitrogens with zero attached hydrogens (tertiary/aromatic N) is 1. The molecule has 0 unspecified atom stereocenters. The SMILES string of the molecule is COc1ccc(N=C2NC(=O)/C(=C\c3ccccc3OCc3ccc(Cl)cc3Cl)S2)cc1. The quantitative estimate of drug-likeness (QED) is 0.407. The number of aliphatic imine (C=N–C) groups is 1. The summed E-state index contributed by atoms with van der Waals surface area (Å²) in [6.45, 7) is 0.277. The van der Waals surface area contributed by atoms with E-state index in [2.05, 4.69) is 10.3 Å². The Hall–Kier alpha value is -2.93. The van der Waals surface area contributed by atoms with Gasteiger partial charge >= 0.3 is 0 Å². The number of rotatable bonds is 6. The van der Waals surface area contributed by atoms with Gasteiger partial charge in [0.1, 0.15) is 18.1 Å². The molecule has 0 aromatic heterocycles. The molecule has 1 fully saturated rings. The molecule has 1 aliphatic heterocycles. The Morgan fingerprint density at radius 3 is 2.59 bits per heavy atom. The number of hydrogen-bond donors (Lipinski definition) is 1. The maximum Gasteiger partial charge on any atom is 0.264 e. The van der Waals surface area contributed by atoms with Crippen LogP contribution in [0.1, 0.15) is 11.1 Å². The Labute approximate surface area is 200 Å². The van der Waals surface area contributed by atoms with Gasteiger partial charge in [-0.1, -0.05) is 47.5 Å². The standard InChI is InChI=1S/C24H18Cl2N2O3S/c1-30-19-10-8-18(9-11-19)27-24-28-23(29)22(32-24)12-15-4-2-3-5-21(15)31-14-16-6-7-17(25)13-20(16)26/h2-13H,14H2,1H3,(H,27,28,29)/b22-12+. The van der Waals surface area contributed by atoms with Gasteiger partial charge in [0.2, 0.25) is 0 Å². The van der Waals surface area contributed by atoms with Gasteiger partial charge in [-0.15, -0.1) is 0 Å². The molecule has 162 valence electrons. The average Bonchev–Trinajstić information content (AvgIpc) is 3.13. The molecule has 3 aromatic rings. The number of methoxy groups -OCH3 is 1. The second kappa shape index (κ2) is 10.1. The van der Waals surface area contributed by atoms with E-state index in [0.29, 0.717) is 25.9 Å². The Morgan fingerprint density at radius 1 is 1.06 bits per heavy atom. The number of amides is 1. The van der Waals surface area contributed by atoms with Gasteiger partial charge < -0.3 is 14.8 Å². The number of nitrogens with one attached hydrogen (secondary N) is 1. The lowest BCUT2D eigenvalue weighted by atomic mass is 10.2. The Kier molecular flexibility index (Phi) is 7.05. The molecule has 1 saturated heterocycles. The summed E-state index contributed by atoms with van der Waals surface area (Å²) in [5, 5.41) is 4.42. The van der Waals surface area contributed by atoms with Crippen LogP contribution in [0.25, 0.3) is 6.08 Å². The smallest absolute Gasteiger partial charge is 0.264 e. The summed E-state index contributed by atoms with van der Waals surface area (Å²) >= 11 is 13.5. The lowest BCUT2D eigenvalue weighted by Crippen LogP contribution is -2.19. The van der Waals surface area contributed by atoms with Crippen LogP contribution in [0.15, 0.2) is 76.6 Å². The molecule has 0 aliphatic carbocycles. The molecule has 5 nitrogen and oxygen atoms in total. The van der Waals surface area contributed by atoms with Crippen molar-refractivity contribution in [2.45, 2.75) is 6.61 Å². The van der Waals surface area contributed by atoms with Crippen LogP contribution in [0.3, 0.4) is 0 Å². The van der Waals surface area contributed by atoms with E-state index in [-0.39, 0.29) is 12.5 Å². The number of ether oxygens (including phenoxy) is 2. The van der Waals surface area contributed by atoms with Crippen molar-refractivity contribution >= 4 is 57.8 Å². The van der Waals surface area contributed by atoms with E-state index >= 15 is 0 Å². The van der Waals surface area contributed by atoms with Crippen LogP contribution in [0.5, 0.6) is 11.5 Å². The molecule has 32 heavy (non-hydrogen) atoms. The van der Waals surface area contributed by atoms with Crippen LogP contribution >= 0.6 is 35.0 Å². The molecule has 0 saturated carbocycles. The first-order chi connectivity index (χ1) is 15.5. The lowest BCUT2D eigenvalue weighted by molar-refractivity contribution is -0.115. The number of halogens is 2. The Balaban J connectivity index is 1.51. The zero-order valence-electron chi connectivity index (χ0n) is 17.0. The van der Waals surface area contributed by atoms with Gasteiger partial charge in [-0.05, 0) is 60.3 Å². The summed E-state index contributed by atoms with van der Waals surface area (Å²) < 4.78 is 11.1. The van der Waals surface area contributed by atoms with Crippen molar-refractivity contribution in [1.29, 1.82) is 0 Å². The van der Waals surface area contributed by atoms with Crippen LogP contribution < -0.4 is 14.8 Å². The van der Waals surface area contributed by atoms with E-state index in [4.69, 9.17) is 32.7 Å². The minimum Gasteiger partial charge on any atom is -0.497 e. The molecule has 8 heteroatoms. The number of carbonyl (C=O) groups is 1. The predicted octanol–water partition coefficient (Wildman–Crippen LogP) is 6.47. The fourth-order valence-electron chi connectivity index (χ4n) is 2.92. The van der Waals surface area contributed by atoms with Gasteiger partial charge in [0.05, 0.1) is 17.7 Å². The highest BCUT2D eigenvalue weighted by molar-refractivity contribution is 8.18. The topological polar surface area (TPSA) is 59.9 Å². The van der Waals surface area contributed by atoms with Crippen LogP contribution in [-0.4, -0.2) is 18.2 Å². The van der Waals surface area contributed by atoms with E-state index in [0.717, 1.165) is 22.6 Å². The van der Waals surface area contributed by atoms with Crippen molar-refractivity contribution < 1.29 is 14.3 Å². The predicted molar refractivity (Wildman–Crippen MR) is 131 cm³/mol. The number of thioether (sulfide) groups is 1. The first-order valence-electron chi connectivity index (χ1n) is 9.61. The fraction of sp³-hybridized carbons (Fsp3) is 0.0833. The van der Waals surface area contributed by atoms with Crippen LogP contribution in [-0.2, 0) is 11.4 Å². The van der Waals surface area contributed by atoms with Crippen LogP contribution in [0.4, 0.5) is 5.69 Å². The highest BCUT2D eigenvalue weighted by Gasteiger charge is 2.24. The summed E-state index contributed by atoms with van der Waals surface area (Å²) in [4.78, 5) is 17.5. The normalized spacial score (nSPS) is 15.8. The zero-order chi connectivity index (χ0) is 22.5. The molecule has 0 atom stereocenters. The summed E-state index contributed by atoms with van der Waals surface area (Å²) in [5.41, 5.74) is 2.32. The first kappa shape index (κ1) is 22.3. The third kappa shape index (κ3) is 5.46. The van der Waals surface area contributed by atoms with Gasteiger partial charge in [0, 0.05) is 21.2 Å². The molecular formula is C24H18Cl2N2O3S. The molecule has 0 spiro atoms. The molecule has 1 N–H and O–H groups in total. The van der Waals surface area contributed by atoms with Gasteiger partial charge in [-0.3, -0.25) is 4.79 Å². The third-order valence-electron chi connectivity index (χ3n) is 4.56. The van der Waals surface area contributed by atoms with Crippen molar-refractivity contribution in [3.63, 3.8) is 0 Å². The minimum absolute atomic E-state index is 0.210. The molecule has 3 aromatic carbocycles. The van der Waals surface area contributed by atoms with Gasteiger partial charge in [0.25, 0.3) is 5.91 Å². The van der Waals surface area contributed by atoms with E-state index in [1.54, 1.807) is 25.3 Å². The number of hydrogen-bond acceptors (Lipinski definition) is 5. The molecule has 1 aliphatic rings. The molecule has 1 heterocycles. The molecule has 0 radical (unpaired) electrons. The largest absolute Gasteiger partial charge is 0.497 e. The Morgan fingerprint density at radius 2 is 1.84 bits per heavy atom. The zero-order valence-corrected chi connectivity index (χ0v) is 19.3. The second-order valence-electron chi connectivity index (χ2n) is 6.74. The number of benzene rings is 3. The van der Waals surface area contributed by atoms with Crippen LogP contribution in [0.2, 0.25) is 10.0 Å². The molecular weight excluding hydrogens is 467 g/mol. The summed E-state index contributed by atoms with van der Waals surface area (Å²) in [6, 6.07) is 20.1. The van der Waals surface area contributed by atoms with E-state index < -0.39 is 0 Å². The van der Waals surface area contributed by atoms with Gasteiger partial charge in [-0.25, -0.2) is 4.99 Å². The highest BCUT2D eigenvalue weighted by atomic mass is 35.5. The Bertz CT molecular complexity index is 1210. The van der Waals surface area contributed by atoms with E-state index in [1.165, 1.54) is 11.8 Å². The maximum absolute atomic E-state index is 12.5.